The van der Waals surface area contributed by atoms with Gasteiger partial charge in [-0.05, 0) is 38.1 Å². The van der Waals surface area contributed by atoms with E-state index in [1.165, 1.54) is 11.3 Å². The molecular formula is C27H26N4O3S. The number of para-hydroxylation sites is 1. The largest absolute Gasteiger partial charge is 0.489 e. The standard InChI is InChI=1S/C27H26N4O3S/c1-16(2)33-18-10-12-21(28-14-18)17-9-11-20-23(13-17)34-22-8-6-5-7-19(22)24(20)27(3,4)25(32)30-26-31-29-15-35-26/h5-16,24H,1-4H3,(H,30,31,32). The first-order valence-electron chi connectivity index (χ1n) is 11.4. The van der Waals surface area contributed by atoms with Crippen molar-refractivity contribution < 1.29 is 14.3 Å². The van der Waals surface area contributed by atoms with E-state index in [0.29, 0.717) is 10.9 Å². The molecule has 178 valence electrons. The van der Waals surface area contributed by atoms with E-state index >= 15 is 0 Å². The van der Waals surface area contributed by atoms with Crippen molar-refractivity contribution in [2.45, 2.75) is 39.7 Å². The second-order valence-electron chi connectivity index (χ2n) is 9.29. The van der Waals surface area contributed by atoms with Gasteiger partial charge in [-0.3, -0.25) is 9.78 Å². The van der Waals surface area contributed by atoms with Crippen LogP contribution in [0.4, 0.5) is 5.13 Å². The number of hydrogen-bond acceptors (Lipinski definition) is 7. The van der Waals surface area contributed by atoms with Gasteiger partial charge < -0.3 is 14.8 Å². The Kier molecular flexibility index (Phi) is 5.98. The number of fused-ring (bicyclic) bond motifs is 2. The number of carbonyl (C=O) groups is 1. The first-order valence-corrected chi connectivity index (χ1v) is 12.3. The van der Waals surface area contributed by atoms with Crippen LogP contribution in [0.5, 0.6) is 17.2 Å². The van der Waals surface area contributed by atoms with Gasteiger partial charge in [0, 0.05) is 22.6 Å². The van der Waals surface area contributed by atoms with E-state index in [0.717, 1.165) is 33.9 Å². The summed E-state index contributed by atoms with van der Waals surface area (Å²) in [6.45, 7) is 7.86. The Morgan fingerprint density at radius 2 is 1.89 bits per heavy atom. The monoisotopic (exact) mass is 486 g/mol. The van der Waals surface area contributed by atoms with Gasteiger partial charge in [0.25, 0.3) is 0 Å². The number of ether oxygens (including phenoxy) is 2. The molecule has 1 aliphatic rings. The number of rotatable bonds is 6. The number of amides is 1. The molecule has 0 fully saturated rings. The van der Waals surface area contributed by atoms with Crippen LogP contribution in [0.2, 0.25) is 0 Å². The Labute approximate surface area is 208 Å². The molecule has 0 saturated carbocycles. The van der Waals surface area contributed by atoms with Crippen LogP contribution in [-0.4, -0.2) is 27.2 Å². The quantitative estimate of drug-likeness (QED) is 0.345. The topological polar surface area (TPSA) is 86.2 Å². The van der Waals surface area contributed by atoms with E-state index in [9.17, 15) is 4.79 Å². The van der Waals surface area contributed by atoms with Crippen molar-refractivity contribution in [1.82, 2.24) is 15.2 Å². The zero-order valence-corrected chi connectivity index (χ0v) is 20.8. The average molecular weight is 487 g/mol. The van der Waals surface area contributed by atoms with Crippen LogP contribution in [0, 0.1) is 5.41 Å². The van der Waals surface area contributed by atoms with E-state index in [1.54, 1.807) is 11.7 Å². The van der Waals surface area contributed by atoms with E-state index in [4.69, 9.17) is 9.47 Å². The first kappa shape index (κ1) is 23.0. The SMILES string of the molecule is CC(C)Oc1ccc(-c2ccc3c(c2)Oc2ccccc2C3C(C)(C)C(=O)Nc2nncs2)nc1. The van der Waals surface area contributed by atoms with Gasteiger partial charge in [-0.2, -0.15) is 0 Å². The number of benzene rings is 2. The van der Waals surface area contributed by atoms with Gasteiger partial charge in [-0.1, -0.05) is 55.5 Å². The molecule has 35 heavy (non-hydrogen) atoms. The number of hydrogen-bond donors (Lipinski definition) is 1. The van der Waals surface area contributed by atoms with E-state index < -0.39 is 5.41 Å². The van der Waals surface area contributed by atoms with E-state index in [2.05, 4.69) is 20.5 Å². The fraction of sp³-hybridized carbons (Fsp3) is 0.259. The maximum atomic E-state index is 13.4. The number of nitrogens with one attached hydrogen (secondary N) is 1. The smallest absolute Gasteiger partial charge is 0.232 e. The predicted molar refractivity (Wildman–Crippen MR) is 136 cm³/mol. The Morgan fingerprint density at radius 1 is 1.09 bits per heavy atom. The van der Waals surface area contributed by atoms with Gasteiger partial charge in [-0.15, -0.1) is 10.2 Å². The third-order valence-electron chi connectivity index (χ3n) is 6.07. The minimum absolute atomic E-state index is 0.0872. The molecule has 0 spiro atoms. The number of anilines is 1. The van der Waals surface area contributed by atoms with E-state index in [-0.39, 0.29) is 17.9 Å². The van der Waals surface area contributed by atoms with Gasteiger partial charge in [0.05, 0.1) is 23.4 Å². The second-order valence-corrected chi connectivity index (χ2v) is 10.1. The highest BCUT2D eigenvalue weighted by molar-refractivity contribution is 7.13. The summed E-state index contributed by atoms with van der Waals surface area (Å²) in [6.07, 6.45) is 1.82. The summed E-state index contributed by atoms with van der Waals surface area (Å²) in [7, 11) is 0. The zero-order valence-electron chi connectivity index (χ0n) is 20.0. The first-order chi connectivity index (χ1) is 16.8. The van der Waals surface area contributed by atoms with Crippen LogP contribution in [0.3, 0.4) is 0 Å². The minimum Gasteiger partial charge on any atom is -0.489 e. The zero-order chi connectivity index (χ0) is 24.6. The molecule has 0 bridgehead atoms. The summed E-state index contributed by atoms with van der Waals surface area (Å²) in [5.74, 6) is 1.84. The lowest BCUT2D eigenvalue weighted by molar-refractivity contribution is -0.124. The molecule has 8 heteroatoms. The Bertz CT molecular complexity index is 1350. The summed E-state index contributed by atoms with van der Waals surface area (Å²) in [5.41, 5.74) is 4.46. The number of nitrogens with zero attached hydrogens (tertiary/aromatic N) is 3. The molecule has 2 aromatic heterocycles. The molecule has 2 aromatic carbocycles. The van der Waals surface area contributed by atoms with Gasteiger partial charge in [0.1, 0.15) is 22.8 Å². The molecule has 1 amide bonds. The molecular weight excluding hydrogens is 460 g/mol. The minimum atomic E-state index is -0.796. The summed E-state index contributed by atoms with van der Waals surface area (Å²) >= 11 is 1.29. The maximum absolute atomic E-state index is 13.4. The number of pyridine rings is 1. The summed E-state index contributed by atoms with van der Waals surface area (Å²) in [5, 5.41) is 11.2. The van der Waals surface area contributed by atoms with E-state index in [1.807, 2.05) is 82.3 Å². The summed E-state index contributed by atoms with van der Waals surface area (Å²) in [6, 6.07) is 17.8. The maximum Gasteiger partial charge on any atom is 0.232 e. The molecule has 3 heterocycles. The normalized spacial score (nSPS) is 14.6. The second kappa shape index (κ2) is 9.11. The molecule has 1 atom stereocenters. The van der Waals surface area contributed by atoms with Crippen molar-refractivity contribution >= 4 is 22.4 Å². The van der Waals surface area contributed by atoms with Crippen LogP contribution in [0.1, 0.15) is 44.7 Å². The Morgan fingerprint density at radius 3 is 2.60 bits per heavy atom. The highest BCUT2D eigenvalue weighted by Gasteiger charge is 2.43. The van der Waals surface area contributed by atoms with Crippen LogP contribution < -0.4 is 14.8 Å². The fourth-order valence-electron chi connectivity index (χ4n) is 4.41. The molecule has 5 rings (SSSR count). The number of aromatic nitrogens is 3. The van der Waals surface area contributed by atoms with Gasteiger partial charge in [0.15, 0.2) is 0 Å². The van der Waals surface area contributed by atoms with Gasteiger partial charge in [0.2, 0.25) is 11.0 Å². The number of carbonyl (C=O) groups excluding carboxylic acids is 1. The highest BCUT2D eigenvalue weighted by atomic mass is 32.1. The molecule has 4 aromatic rings. The van der Waals surface area contributed by atoms with Crippen LogP contribution >= 0.6 is 11.3 Å². The molecule has 7 nitrogen and oxygen atoms in total. The molecule has 0 radical (unpaired) electrons. The van der Waals surface area contributed by atoms with Gasteiger partial charge in [-0.25, -0.2) is 0 Å². The third-order valence-corrected chi connectivity index (χ3v) is 6.67. The van der Waals surface area contributed by atoms with Crippen molar-refractivity contribution in [3.8, 4) is 28.5 Å². The summed E-state index contributed by atoms with van der Waals surface area (Å²) in [4.78, 5) is 18.0. The third kappa shape index (κ3) is 4.49. The fourth-order valence-corrected chi connectivity index (χ4v) is 4.85. The highest BCUT2D eigenvalue weighted by Crippen LogP contribution is 2.52. The Balaban J connectivity index is 1.52. The predicted octanol–water partition coefficient (Wildman–Crippen LogP) is 6.29. The van der Waals surface area contributed by atoms with Crippen LogP contribution in [0.25, 0.3) is 11.3 Å². The van der Waals surface area contributed by atoms with Gasteiger partial charge >= 0.3 is 0 Å². The molecule has 0 saturated heterocycles. The lowest BCUT2D eigenvalue weighted by atomic mass is 9.69. The van der Waals surface area contributed by atoms with Crippen molar-refractivity contribution in [2.75, 3.05) is 5.32 Å². The lowest BCUT2D eigenvalue weighted by Crippen LogP contribution is -2.38. The molecule has 0 aliphatic carbocycles. The van der Waals surface area contributed by atoms with Crippen molar-refractivity contribution in [1.29, 1.82) is 0 Å². The molecule has 1 aliphatic heterocycles. The lowest BCUT2D eigenvalue weighted by Gasteiger charge is -2.38. The van der Waals surface area contributed by atoms with Crippen molar-refractivity contribution in [2.24, 2.45) is 5.41 Å². The Hall–Kier alpha value is -3.78. The molecule has 1 unspecified atom stereocenters. The molecule has 1 N–H and O–H groups in total. The van der Waals surface area contributed by atoms with Crippen LogP contribution in [0.15, 0.2) is 66.3 Å². The van der Waals surface area contributed by atoms with Crippen molar-refractivity contribution in [3.63, 3.8) is 0 Å². The van der Waals surface area contributed by atoms with Crippen LogP contribution in [-0.2, 0) is 4.79 Å². The summed E-state index contributed by atoms with van der Waals surface area (Å²) < 4.78 is 12.0. The van der Waals surface area contributed by atoms with Crippen molar-refractivity contribution in [3.05, 3.63) is 77.4 Å². The average Bonchev–Trinajstić information content (AvgIpc) is 3.35.